The average Bonchev–Trinajstić information content (AvgIpc) is 2.99. The molecule has 30 heavy (non-hydrogen) atoms. The van der Waals surface area contributed by atoms with Crippen molar-refractivity contribution in [3.05, 3.63) is 75.3 Å². The fourth-order valence-electron chi connectivity index (χ4n) is 3.43. The number of hydrogen-bond acceptors (Lipinski definition) is 5. The maximum Gasteiger partial charge on any atom is 0.341 e. The Kier molecular flexibility index (Phi) is 6.20. The Hall–Kier alpha value is -3.61. The van der Waals surface area contributed by atoms with Gasteiger partial charge in [0, 0.05) is 29.7 Å². The van der Waals surface area contributed by atoms with Crippen molar-refractivity contribution >= 4 is 17.6 Å². The average molecular weight is 419 g/mol. The Balaban J connectivity index is 2.05. The minimum absolute atomic E-state index is 0.0918. The summed E-state index contributed by atoms with van der Waals surface area (Å²) in [6.45, 7) is 6.21. The first-order chi connectivity index (χ1) is 14.4. The number of pyridine rings is 1. The zero-order chi connectivity index (χ0) is 21.8. The van der Waals surface area contributed by atoms with Crippen LogP contribution in [0.5, 0.6) is 0 Å². The van der Waals surface area contributed by atoms with Gasteiger partial charge >= 0.3 is 5.97 Å². The number of ether oxygens (including phenoxy) is 1. The highest BCUT2D eigenvalue weighted by Crippen LogP contribution is 2.32. The highest BCUT2D eigenvalue weighted by molar-refractivity contribution is 6.32. The second kappa shape index (κ2) is 8.82. The molecule has 0 amide bonds. The summed E-state index contributed by atoms with van der Waals surface area (Å²) in [6, 6.07) is 13.2. The standard InChI is InChI=1S/C23H19ClN4O2/c1-4-30-23(29)19-9-17(12-27-22(19)24)13-28-14(2)20(11-26)21(15(28)3)18-7-5-16(10-25)6-8-18/h5-9,12H,4,13H2,1-3H3. The Morgan fingerprint density at radius 1 is 1.17 bits per heavy atom. The van der Waals surface area contributed by atoms with Crippen LogP contribution in [0.15, 0.2) is 36.5 Å². The van der Waals surface area contributed by atoms with Gasteiger partial charge in [-0.05, 0) is 50.1 Å². The third-order valence-corrected chi connectivity index (χ3v) is 5.23. The minimum Gasteiger partial charge on any atom is -0.462 e. The maximum absolute atomic E-state index is 12.1. The van der Waals surface area contributed by atoms with E-state index in [1.165, 1.54) is 0 Å². The fourth-order valence-corrected chi connectivity index (χ4v) is 3.61. The van der Waals surface area contributed by atoms with E-state index in [0.29, 0.717) is 17.7 Å². The van der Waals surface area contributed by atoms with E-state index in [-0.39, 0.29) is 17.3 Å². The third-order valence-electron chi connectivity index (χ3n) is 4.93. The van der Waals surface area contributed by atoms with Crippen LogP contribution in [-0.4, -0.2) is 22.1 Å². The monoisotopic (exact) mass is 418 g/mol. The molecular weight excluding hydrogens is 400 g/mol. The molecule has 3 rings (SSSR count). The number of carbonyl (C=O) groups is 1. The molecule has 150 valence electrons. The van der Waals surface area contributed by atoms with Crippen molar-refractivity contribution in [3.63, 3.8) is 0 Å². The maximum atomic E-state index is 12.1. The van der Waals surface area contributed by atoms with Gasteiger partial charge in [-0.2, -0.15) is 10.5 Å². The van der Waals surface area contributed by atoms with Crippen LogP contribution in [0.4, 0.5) is 0 Å². The van der Waals surface area contributed by atoms with E-state index in [2.05, 4.69) is 17.1 Å². The highest BCUT2D eigenvalue weighted by Gasteiger charge is 2.20. The van der Waals surface area contributed by atoms with Crippen molar-refractivity contribution in [1.82, 2.24) is 9.55 Å². The largest absolute Gasteiger partial charge is 0.462 e. The van der Waals surface area contributed by atoms with Gasteiger partial charge in [0.15, 0.2) is 0 Å². The van der Waals surface area contributed by atoms with E-state index >= 15 is 0 Å². The zero-order valence-electron chi connectivity index (χ0n) is 16.9. The van der Waals surface area contributed by atoms with Gasteiger partial charge in [0.05, 0.1) is 29.4 Å². The molecular formula is C23H19ClN4O2. The predicted molar refractivity (Wildman–Crippen MR) is 113 cm³/mol. The molecule has 0 saturated heterocycles. The Morgan fingerprint density at radius 3 is 2.47 bits per heavy atom. The number of benzene rings is 1. The molecule has 0 N–H and O–H groups in total. The van der Waals surface area contributed by atoms with E-state index in [9.17, 15) is 10.1 Å². The number of aromatic nitrogens is 2. The summed E-state index contributed by atoms with van der Waals surface area (Å²) in [4.78, 5) is 16.2. The summed E-state index contributed by atoms with van der Waals surface area (Å²) in [6.07, 6.45) is 1.61. The molecule has 7 heteroatoms. The lowest BCUT2D eigenvalue weighted by Gasteiger charge is -2.11. The normalized spacial score (nSPS) is 10.3. The second-order valence-corrected chi connectivity index (χ2v) is 7.07. The van der Waals surface area contributed by atoms with Gasteiger partial charge in [-0.25, -0.2) is 9.78 Å². The molecule has 0 bridgehead atoms. The SMILES string of the molecule is CCOC(=O)c1cc(Cn2c(C)c(C#N)c(-c3ccc(C#N)cc3)c2C)cnc1Cl. The van der Waals surface area contributed by atoms with Gasteiger partial charge in [-0.1, -0.05) is 23.7 Å². The number of esters is 1. The molecule has 0 aliphatic rings. The van der Waals surface area contributed by atoms with Crippen molar-refractivity contribution in [2.45, 2.75) is 27.3 Å². The van der Waals surface area contributed by atoms with E-state index in [1.807, 2.05) is 30.5 Å². The van der Waals surface area contributed by atoms with Crippen LogP contribution in [0.25, 0.3) is 11.1 Å². The second-order valence-electron chi connectivity index (χ2n) is 6.71. The van der Waals surface area contributed by atoms with Gasteiger partial charge < -0.3 is 9.30 Å². The molecule has 0 atom stereocenters. The number of carbonyl (C=O) groups excluding carboxylic acids is 1. The van der Waals surface area contributed by atoms with Crippen molar-refractivity contribution < 1.29 is 9.53 Å². The lowest BCUT2D eigenvalue weighted by Crippen LogP contribution is -2.09. The molecule has 0 spiro atoms. The Labute approximate surface area is 179 Å². The van der Waals surface area contributed by atoms with Gasteiger partial charge in [0.1, 0.15) is 11.2 Å². The summed E-state index contributed by atoms with van der Waals surface area (Å²) < 4.78 is 7.05. The third kappa shape index (κ3) is 3.91. The summed E-state index contributed by atoms with van der Waals surface area (Å²) in [5, 5.41) is 18.9. The molecule has 0 saturated carbocycles. The summed E-state index contributed by atoms with van der Waals surface area (Å²) in [5.74, 6) is -0.520. The van der Waals surface area contributed by atoms with Crippen molar-refractivity contribution in [2.24, 2.45) is 0 Å². The van der Waals surface area contributed by atoms with Crippen molar-refractivity contribution in [1.29, 1.82) is 10.5 Å². The van der Waals surface area contributed by atoms with Crippen LogP contribution in [0.1, 0.15) is 45.4 Å². The first kappa shape index (κ1) is 21.1. The summed E-state index contributed by atoms with van der Waals surface area (Å²) in [5.41, 5.74) is 5.52. The van der Waals surface area contributed by atoms with Gasteiger partial charge in [-0.3, -0.25) is 0 Å². The lowest BCUT2D eigenvalue weighted by molar-refractivity contribution is 0.0526. The summed E-state index contributed by atoms with van der Waals surface area (Å²) in [7, 11) is 0. The molecule has 6 nitrogen and oxygen atoms in total. The molecule has 0 aliphatic carbocycles. The molecule has 2 aromatic heterocycles. The Bertz CT molecular complexity index is 1200. The predicted octanol–water partition coefficient (Wildman–Crippen LogP) is 4.79. The topological polar surface area (TPSA) is 91.7 Å². The van der Waals surface area contributed by atoms with Gasteiger partial charge in [-0.15, -0.1) is 0 Å². The van der Waals surface area contributed by atoms with Crippen LogP contribution in [0.2, 0.25) is 5.15 Å². The molecule has 0 unspecified atom stereocenters. The molecule has 2 heterocycles. The van der Waals surface area contributed by atoms with E-state index in [0.717, 1.165) is 28.1 Å². The van der Waals surface area contributed by atoms with Crippen LogP contribution in [0.3, 0.4) is 0 Å². The van der Waals surface area contributed by atoms with Crippen LogP contribution >= 0.6 is 11.6 Å². The van der Waals surface area contributed by atoms with Gasteiger partial charge in [0.25, 0.3) is 0 Å². The number of nitrogens with zero attached hydrogens (tertiary/aromatic N) is 4. The van der Waals surface area contributed by atoms with E-state index < -0.39 is 5.97 Å². The smallest absolute Gasteiger partial charge is 0.341 e. The number of nitriles is 2. The van der Waals surface area contributed by atoms with Crippen molar-refractivity contribution in [2.75, 3.05) is 6.61 Å². The first-order valence-corrected chi connectivity index (χ1v) is 9.70. The molecule has 1 aromatic carbocycles. The Morgan fingerprint density at radius 2 is 1.87 bits per heavy atom. The quantitative estimate of drug-likeness (QED) is 0.438. The molecule has 0 radical (unpaired) electrons. The van der Waals surface area contributed by atoms with E-state index in [4.69, 9.17) is 21.6 Å². The molecule has 0 aliphatic heterocycles. The number of hydrogen-bond donors (Lipinski definition) is 0. The first-order valence-electron chi connectivity index (χ1n) is 9.33. The van der Waals surface area contributed by atoms with Crippen LogP contribution < -0.4 is 0 Å². The van der Waals surface area contributed by atoms with Gasteiger partial charge in [0.2, 0.25) is 0 Å². The minimum atomic E-state index is -0.520. The lowest BCUT2D eigenvalue weighted by atomic mass is 10.0. The van der Waals surface area contributed by atoms with Crippen LogP contribution in [-0.2, 0) is 11.3 Å². The summed E-state index contributed by atoms with van der Waals surface area (Å²) >= 11 is 6.06. The highest BCUT2D eigenvalue weighted by atomic mass is 35.5. The van der Waals surface area contributed by atoms with E-state index in [1.54, 1.807) is 31.3 Å². The zero-order valence-corrected chi connectivity index (χ0v) is 17.6. The number of rotatable bonds is 5. The fraction of sp³-hybridized carbons (Fsp3) is 0.217. The van der Waals surface area contributed by atoms with Crippen LogP contribution in [0, 0.1) is 36.5 Å². The number of halogens is 1. The molecule has 3 aromatic rings. The van der Waals surface area contributed by atoms with Crippen molar-refractivity contribution in [3.8, 4) is 23.3 Å². The molecule has 0 fully saturated rings.